The first kappa shape index (κ1) is 16.7. The fourth-order valence-corrected chi connectivity index (χ4v) is 2.70. The standard InChI is InChI=1S/C17H18FN5O2/c1-4-9-19-16-20-14-13(15(24)22(3)17(25)21(14)2)23(16)10-11-7-5-6-8-12(11)18/h4-8H,1,9-10H2,2-3H3,(H,19,20). The summed E-state index contributed by atoms with van der Waals surface area (Å²) in [6.07, 6.45) is 1.64. The molecule has 8 heteroatoms. The fraction of sp³-hybridized carbons (Fsp3) is 0.235. The van der Waals surface area contributed by atoms with Gasteiger partial charge in [0.2, 0.25) is 5.95 Å². The fourth-order valence-electron chi connectivity index (χ4n) is 2.70. The Morgan fingerprint density at radius 2 is 1.96 bits per heavy atom. The molecule has 0 aliphatic heterocycles. The number of halogens is 1. The van der Waals surface area contributed by atoms with E-state index in [1.54, 1.807) is 35.9 Å². The number of aromatic nitrogens is 4. The van der Waals surface area contributed by atoms with Gasteiger partial charge in [0.25, 0.3) is 5.56 Å². The Kier molecular flexibility index (Phi) is 4.26. The van der Waals surface area contributed by atoms with Gasteiger partial charge in [-0.15, -0.1) is 6.58 Å². The zero-order valence-corrected chi connectivity index (χ0v) is 14.0. The van der Waals surface area contributed by atoms with E-state index in [-0.39, 0.29) is 23.5 Å². The van der Waals surface area contributed by atoms with Crippen molar-refractivity contribution in [3.63, 3.8) is 0 Å². The first-order valence-corrected chi connectivity index (χ1v) is 7.70. The summed E-state index contributed by atoms with van der Waals surface area (Å²) in [5, 5.41) is 3.03. The van der Waals surface area contributed by atoms with Crippen LogP contribution >= 0.6 is 0 Å². The third kappa shape index (κ3) is 2.75. The average Bonchev–Trinajstić information content (AvgIpc) is 2.96. The molecule has 0 amide bonds. The van der Waals surface area contributed by atoms with E-state index in [4.69, 9.17) is 0 Å². The van der Waals surface area contributed by atoms with Crippen LogP contribution in [0.2, 0.25) is 0 Å². The maximum absolute atomic E-state index is 14.1. The van der Waals surface area contributed by atoms with E-state index in [1.807, 2.05) is 0 Å². The van der Waals surface area contributed by atoms with E-state index in [9.17, 15) is 14.0 Å². The maximum Gasteiger partial charge on any atom is 0.332 e. The minimum Gasteiger partial charge on any atom is -0.352 e. The first-order valence-electron chi connectivity index (χ1n) is 7.70. The van der Waals surface area contributed by atoms with Crippen molar-refractivity contribution in [2.45, 2.75) is 6.54 Å². The summed E-state index contributed by atoms with van der Waals surface area (Å²) in [5.74, 6) is -0.00267. The summed E-state index contributed by atoms with van der Waals surface area (Å²) in [4.78, 5) is 29.1. The molecular weight excluding hydrogens is 325 g/mol. The Balaban J connectivity index is 2.30. The summed E-state index contributed by atoms with van der Waals surface area (Å²) >= 11 is 0. The van der Waals surface area contributed by atoms with Crippen molar-refractivity contribution >= 4 is 17.1 Å². The Bertz CT molecular complexity index is 1080. The van der Waals surface area contributed by atoms with E-state index in [2.05, 4.69) is 16.9 Å². The molecule has 0 fully saturated rings. The zero-order valence-electron chi connectivity index (χ0n) is 14.0. The quantitative estimate of drug-likeness (QED) is 0.707. The average molecular weight is 343 g/mol. The SMILES string of the molecule is C=CCNc1nc2c(c(=O)n(C)c(=O)n2C)n1Cc1ccccc1F. The number of imidazole rings is 1. The van der Waals surface area contributed by atoms with E-state index < -0.39 is 11.2 Å². The predicted octanol–water partition coefficient (Wildman–Crippen LogP) is 1.22. The lowest BCUT2D eigenvalue weighted by molar-refractivity contribution is 0.601. The highest BCUT2D eigenvalue weighted by Gasteiger charge is 2.19. The topological polar surface area (TPSA) is 73.8 Å². The molecular formula is C17H18FN5O2. The van der Waals surface area contributed by atoms with Gasteiger partial charge in [0, 0.05) is 26.2 Å². The molecule has 7 nitrogen and oxygen atoms in total. The predicted molar refractivity (Wildman–Crippen MR) is 94.4 cm³/mol. The minimum atomic E-state index is -0.478. The summed E-state index contributed by atoms with van der Waals surface area (Å²) in [6.45, 7) is 4.16. The van der Waals surface area contributed by atoms with Crippen molar-refractivity contribution in [2.24, 2.45) is 14.1 Å². The smallest absolute Gasteiger partial charge is 0.332 e. The molecule has 3 rings (SSSR count). The number of rotatable bonds is 5. The van der Waals surface area contributed by atoms with Crippen LogP contribution in [0.15, 0.2) is 46.5 Å². The lowest BCUT2D eigenvalue weighted by atomic mass is 10.2. The Morgan fingerprint density at radius 1 is 1.24 bits per heavy atom. The molecule has 0 unspecified atom stereocenters. The van der Waals surface area contributed by atoms with Gasteiger partial charge in [-0.3, -0.25) is 18.5 Å². The molecule has 0 saturated carbocycles. The summed E-state index contributed by atoms with van der Waals surface area (Å²) in [6, 6.07) is 6.33. The van der Waals surface area contributed by atoms with Crippen LogP contribution in [0.25, 0.3) is 11.2 Å². The molecule has 0 atom stereocenters. The van der Waals surface area contributed by atoms with Gasteiger partial charge in [-0.1, -0.05) is 24.3 Å². The third-order valence-electron chi connectivity index (χ3n) is 4.04. The number of fused-ring (bicyclic) bond motifs is 1. The number of aryl methyl sites for hydroxylation is 1. The number of anilines is 1. The van der Waals surface area contributed by atoms with Gasteiger partial charge in [-0.25, -0.2) is 9.18 Å². The van der Waals surface area contributed by atoms with Crippen molar-refractivity contribution in [2.75, 3.05) is 11.9 Å². The molecule has 0 saturated heterocycles. The van der Waals surface area contributed by atoms with Crippen LogP contribution < -0.4 is 16.6 Å². The number of nitrogens with zero attached hydrogens (tertiary/aromatic N) is 4. The molecule has 3 aromatic rings. The van der Waals surface area contributed by atoms with Crippen LogP contribution in [-0.4, -0.2) is 25.2 Å². The summed E-state index contributed by atoms with van der Waals surface area (Å²) in [7, 11) is 2.95. The summed E-state index contributed by atoms with van der Waals surface area (Å²) in [5.41, 5.74) is -0.0494. The second-order valence-corrected chi connectivity index (χ2v) is 5.66. The van der Waals surface area contributed by atoms with Gasteiger partial charge in [0.05, 0.1) is 6.54 Å². The highest BCUT2D eigenvalue weighted by Crippen LogP contribution is 2.19. The van der Waals surface area contributed by atoms with Gasteiger partial charge < -0.3 is 5.32 Å². The monoisotopic (exact) mass is 343 g/mol. The number of benzene rings is 1. The third-order valence-corrected chi connectivity index (χ3v) is 4.04. The lowest BCUT2D eigenvalue weighted by Crippen LogP contribution is -2.37. The molecule has 0 bridgehead atoms. The normalized spacial score (nSPS) is 11.0. The Morgan fingerprint density at radius 3 is 2.64 bits per heavy atom. The van der Waals surface area contributed by atoms with Crippen LogP contribution in [0, 0.1) is 5.82 Å². The van der Waals surface area contributed by atoms with Gasteiger partial charge in [0.15, 0.2) is 11.2 Å². The summed E-state index contributed by atoms with van der Waals surface area (Å²) < 4.78 is 18.0. The highest BCUT2D eigenvalue weighted by molar-refractivity contribution is 5.74. The number of hydrogen-bond donors (Lipinski definition) is 1. The van der Waals surface area contributed by atoms with Crippen LogP contribution in [0.5, 0.6) is 0 Å². The van der Waals surface area contributed by atoms with Crippen molar-refractivity contribution in [1.29, 1.82) is 0 Å². The number of nitrogens with one attached hydrogen (secondary N) is 1. The van der Waals surface area contributed by atoms with Crippen LogP contribution in [0.1, 0.15) is 5.56 Å². The molecule has 0 aliphatic rings. The minimum absolute atomic E-state index is 0.107. The zero-order chi connectivity index (χ0) is 18.1. The van der Waals surface area contributed by atoms with E-state index >= 15 is 0 Å². The molecule has 1 aromatic carbocycles. The van der Waals surface area contributed by atoms with Gasteiger partial charge in [-0.2, -0.15) is 4.98 Å². The van der Waals surface area contributed by atoms with Gasteiger partial charge >= 0.3 is 5.69 Å². The molecule has 130 valence electrons. The maximum atomic E-state index is 14.1. The molecule has 0 spiro atoms. The van der Waals surface area contributed by atoms with Crippen molar-refractivity contribution in [3.8, 4) is 0 Å². The molecule has 25 heavy (non-hydrogen) atoms. The van der Waals surface area contributed by atoms with E-state index in [0.29, 0.717) is 18.1 Å². The Hall–Kier alpha value is -3.16. The highest BCUT2D eigenvalue weighted by atomic mass is 19.1. The lowest BCUT2D eigenvalue weighted by Gasteiger charge is -2.11. The van der Waals surface area contributed by atoms with Gasteiger partial charge in [-0.05, 0) is 6.07 Å². The van der Waals surface area contributed by atoms with Crippen LogP contribution in [0.4, 0.5) is 10.3 Å². The van der Waals surface area contributed by atoms with Crippen LogP contribution in [0.3, 0.4) is 0 Å². The second kappa shape index (κ2) is 6.39. The van der Waals surface area contributed by atoms with E-state index in [0.717, 1.165) is 4.57 Å². The molecule has 0 aliphatic carbocycles. The molecule has 2 heterocycles. The Labute approximate surface area is 142 Å². The van der Waals surface area contributed by atoms with Crippen LogP contribution in [-0.2, 0) is 20.6 Å². The van der Waals surface area contributed by atoms with Gasteiger partial charge in [0.1, 0.15) is 5.82 Å². The second-order valence-electron chi connectivity index (χ2n) is 5.66. The van der Waals surface area contributed by atoms with Crippen molar-refractivity contribution in [3.05, 3.63) is 69.1 Å². The van der Waals surface area contributed by atoms with Crippen molar-refractivity contribution < 1.29 is 4.39 Å². The largest absolute Gasteiger partial charge is 0.352 e. The number of hydrogen-bond acceptors (Lipinski definition) is 4. The van der Waals surface area contributed by atoms with Crippen molar-refractivity contribution in [1.82, 2.24) is 18.7 Å². The first-order chi connectivity index (χ1) is 12.0. The molecule has 0 radical (unpaired) electrons. The van der Waals surface area contributed by atoms with E-state index in [1.165, 1.54) is 17.7 Å². The molecule has 2 aromatic heterocycles. The molecule has 1 N–H and O–H groups in total.